The van der Waals surface area contributed by atoms with E-state index in [1.54, 1.807) is 0 Å². The van der Waals surface area contributed by atoms with E-state index >= 15 is 0 Å². The molecular formula is C17H20N2O2. The molecule has 1 amide bonds. The van der Waals surface area contributed by atoms with Gasteiger partial charge in [-0.05, 0) is 18.9 Å². The minimum absolute atomic E-state index is 0.0156. The van der Waals surface area contributed by atoms with E-state index in [2.05, 4.69) is 5.32 Å². The number of fused-ring (bicyclic) bond motifs is 1. The summed E-state index contributed by atoms with van der Waals surface area (Å²) < 4.78 is 1.88. The van der Waals surface area contributed by atoms with Gasteiger partial charge in [-0.3, -0.25) is 9.59 Å². The molecule has 21 heavy (non-hydrogen) atoms. The summed E-state index contributed by atoms with van der Waals surface area (Å²) in [6, 6.07) is 8.11. The summed E-state index contributed by atoms with van der Waals surface area (Å²) in [5, 5.41) is 3.91. The molecule has 1 heterocycles. The van der Waals surface area contributed by atoms with Crippen LogP contribution in [-0.4, -0.2) is 22.3 Å². The quantitative estimate of drug-likeness (QED) is 0.858. The van der Waals surface area contributed by atoms with Crippen LogP contribution in [0.1, 0.15) is 37.0 Å². The van der Waals surface area contributed by atoms with Gasteiger partial charge in [0.1, 0.15) is 6.54 Å². The standard InChI is InChI=1S/C17H20N2O2/c1-11(2)17(21)14-9-19(10-16(20)18-12-7-8-12)15-6-4-3-5-13(14)15/h3-6,9,11-12H,7-8,10H2,1-2H3,(H,18,20). The molecule has 4 heteroatoms. The normalized spacial score (nSPS) is 14.6. The number of para-hydroxylation sites is 1. The number of nitrogens with one attached hydrogen (secondary N) is 1. The fraction of sp³-hybridized carbons (Fsp3) is 0.412. The molecule has 1 aromatic carbocycles. The van der Waals surface area contributed by atoms with Crippen LogP contribution in [0.15, 0.2) is 30.5 Å². The minimum atomic E-state index is -0.0513. The van der Waals surface area contributed by atoms with E-state index in [0.29, 0.717) is 11.6 Å². The first-order chi connectivity index (χ1) is 10.1. The van der Waals surface area contributed by atoms with E-state index in [9.17, 15) is 9.59 Å². The second kappa shape index (κ2) is 5.35. The molecule has 1 N–H and O–H groups in total. The number of nitrogens with zero attached hydrogens (tertiary/aromatic N) is 1. The van der Waals surface area contributed by atoms with Gasteiger partial charge in [0.05, 0.1) is 0 Å². The van der Waals surface area contributed by atoms with Crippen LogP contribution in [0.4, 0.5) is 0 Å². The molecule has 0 spiro atoms. The van der Waals surface area contributed by atoms with Crippen molar-refractivity contribution < 1.29 is 9.59 Å². The van der Waals surface area contributed by atoms with E-state index in [0.717, 1.165) is 23.7 Å². The molecule has 0 atom stereocenters. The van der Waals surface area contributed by atoms with Crippen molar-refractivity contribution in [2.45, 2.75) is 39.3 Å². The van der Waals surface area contributed by atoms with Crippen molar-refractivity contribution in [3.8, 4) is 0 Å². The SMILES string of the molecule is CC(C)C(=O)c1cn(CC(=O)NC2CC2)c2ccccc12. The van der Waals surface area contributed by atoms with Crippen molar-refractivity contribution in [2.24, 2.45) is 5.92 Å². The smallest absolute Gasteiger partial charge is 0.240 e. The molecular weight excluding hydrogens is 264 g/mol. The average Bonchev–Trinajstić information content (AvgIpc) is 3.19. The van der Waals surface area contributed by atoms with Crippen LogP contribution in [0, 0.1) is 5.92 Å². The van der Waals surface area contributed by atoms with Crippen molar-refractivity contribution in [1.29, 1.82) is 0 Å². The van der Waals surface area contributed by atoms with Gasteiger partial charge in [-0.2, -0.15) is 0 Å². The van der Waals surface area contributed by atoms with Gasteiger partial charge in [0, 0.05) is 34.6 Å². The van der Waals surface area contributed by atoms with Gasteiger partial charge in [0.15, 0.2) is 5.78 Å². The Bertz CT molecular complexity index is 696. The summed E-state index contributed by atoms with van der Waals surface area (Å²) in [7, 11) is 0. The fourth-order valence-corrected chi connectivity index (χ4v) is 2.54. The number of ketones is 1. The summed E-state index contributed by atoms with van der Waals surface area (Å²) in [5.41, 5.74) is 1.65. The fourth-order valence-electron chi connectivity index (χ4n) is 2.54. The molecule has 1 aliphatic carbocycles. The first kappa shape index (κ1) is 13.9. The largest absolute Gasteiger partial charge is 0.352 e. The van der Waals surface area contributed by atoms with Gasteiger partial charge in [-0.15, -0.1) is 0 Å². The molecule has 0 unspecified atom stereocenters. The van der Waals surface area contributed by atoms with E-state index in [4.69, 9.17) is 0 Å². The third kappa shape index (κ3) is 2.84. The Labute approximate surface area is 124 Å². The van der Waals surface area contributed by atoms with Gasteiger partial charge in [-0.25, -0.2) is 0 Å². The van der Waals surface area contributed by atoms with E-state index in [1.165, 1.54) is 0 Å². The van der Waals surface area contributed by atoms with Gasteiger partial charge in [0.2, 0.25) is 5.91 Å². The molecule has 0 aliphatic heterocycles. The molecule has 1 saturated carbocycles. The zero-order valence-electron chi connectivity index (χ0n) is 12.4. The number of carbonyl (C=O) groups excluding carboxylic acids is 2. The van der Waals surface area contributed by atoms with Crippen LogP contribution >= 0.6 is 0 Å². The lowest BCUT2D eigenvalue weighted by atomic mass is 10.0. The molecule has 0 saturated heterocycles. The Hall–Kier alpha value is -2.10. The van der Waals surface area contributed by atoms with Gasteiger partial charge >= 0.3 is 0 Å². The van der Waals surface area contributed by atoms with Crippen LogP contribution in [0.5, 0.6) is 0 Å². The van der Waals surface area contributed by atoms with Crippen molar-refractivity contribution in [3.63, 3.8) is 0 Å². The third-order valence-electron chi connectivity index (χ3n) is 3.83. The van der Waals surface area contributed by atoms with Crippen LogP contribution in [-0.2, 0) is 11.3 Å². The number of hydrogen-bond acceptors (Lipinski definition) is 2. The monoisotopic (exact) mass is 284 g/mol. The second-order valence-electron chi connectivity index (χ2n) is 6.05. The Morgan fingerprint density at radius 2 is 2.00 bits per heavy atom. The first-order valence-corrected chi connectivity index (χ1v) is 7.47. The maximum absolute atomic E-state index is 12.3. The van der Waals surface area contributed by atoms with Crippen LogP contribution in [0.25, 0.3) is 10.9 Å². The molecule has 2 aromatic rings. The maximum atomic E-state index is 12.3. The van der Waals surface area contributed by atoms with Crippen molar-refractivity contribution in [1.82, 2.24) is 9.88 Å². The molecule has 1 aliphatic rings. The van der Waals surface area contributed by atoms with Crippen molar-refractivity contribution >= 4 is 22.6 Å². The Balaban J connectivity index is 1.94. The molecule has 0 bridgehead atoms. The molecule has 0 radical (unpaired) electrons. The minimum Gasteiger partial charge on any atom is -0.352 e. The number of amides is 1. The topological polar surface area (TPSA) is 51.1 Å². The number of hydrogen-bond donors (Lipinski definition) is 1. The molecule has 110 valence electrons. The van der Waals surface area contributed by atoms with E-state index in [1.807, 2.05) is 48.9 Å². The summed E-state index contributed by atoms with van der Waals surface area (Å²) in [6.07, 6.45) is 3.98. The molecule has 4 nitrogen and oxygen atoms in total. The zero-order chi connectivity index (χ0) is 15.0. The maximum Gasteiger partial charge on any atom is 0.240 e. The van der Waals surface area contributed by atoms with Crippen molar-refractivity contribution in [3.05, 3.63) is 36.0 Å². The highest BCUT2D eigenvalue weighted by Gasteiger charge is 2.24. The number of benzene rings is 1. The molecule has 1 aromatic heterocycles. The van der Waals surface area contributed by atoms with Crippen molar-refractivity contribution in [2.75, 3.05) is 0 Å². The van der Waals surface area contributed by atoms with Gasteiger partial charge < -0.3 is 9.88 Å². The highest BCUT2D eigenvalue weighted by Crippen LogP contribution is 2.24. The first-order valence-electron chi connectivity index (χ1n) is 7.47. The summed E-state index contributed by atoms with van der Waals surface area (Å²) >= 11 is 0. The number of carbonyl (C=O) groups is 2. The van der Waals surface area contributed by atoms with Crippen LogP contribution in [0.3, 0.4) is 0 Å². The lowest BCUT2D eigenvalue weighted by Crippen LogP contribution is -2.29. The van der Waals surface area contributed by atoms with Gasteiger partial charge in [-0.1, -0.05) is 32.0 Å². The predicted octanol–water partition coefficient (Wildman–Crippen LogP) is 2.76. The van der Waals surface area contributed by atoms with Crippen LogP contribution < -0.4 is 5.32 Å². The average molecular weight is 284 g/mol. The zero-order valence-corrected chi connectivity index (χ0v) is 12.4. The Morgan fingerprint density at radius 3 is 2.67 bits per heavy atom. The lowest BCUT2D eigenvalue weighted by Gasteiger charge is -2.05. The highest BCUT2D eigenvalue weighted by molar-refractivity contribution is 6.09. The van der Waals surface area contributed by atoms with E-state index in [-0.39, 0.29) is 24.2 Å². The third-order valence-corrected chi connectivity index (χ3v) is 3.83. The predicted molar refractivity (Wildman–Crippen MR) is 82.3 cm³/mol. The molecule has 1 fully saturated rings. The second-order valence-corrected chi connectivity index (χ2v) is 6.05. The van der Waals surface area contributed by atoms with Gasteiger partial charge in [0.25, 0.3) is 0 Å². The number of rotatable bonds is 5. The summed E-state index contributed by atoms with van der Waals surface area (Å²) in [4.78, 5) is 24.3. The Morgan fingerprint density at radius 1 is 1.29 bits per heavy atom. The van der Waals surface area contributed by atoms with E-state index < -0.39 is 0 Å². The van der Waals surface area contributed by atoms with Crippen LogP contribution in [0.2, 0.25) is 0 Å². The summed E-state index contributed by atoms with van der Waals surface area (Å²) in [6.45, 7) is 4.06. The highest BCUT2D eigenvalue weighted by atomic mass is 16.2. The Kier molecular flexibility index (Phi) is 3.53. The summed E-state index contributed by atoms with van der Waals surface area (Å²) in [5.74, 6) is 0.0823. The number of aromatic nitrogens is 1. The number of Topliss-reactive ketones (excluding diaryl/α,β-unsaturated/α-hetero) is 1. The lowest BCUT2D eigenvalue weighted by molar-refractivity contribution is -0.121. The molecule has 3 rings (SSSR count).